The molecule has 0 rings (SSSR count). The van der Waals surface area contributed by atoms with Gasteiger partial charge in [0, 0.05) is 0 Å². The van der Waals surface area contributed by atoms with Crippen molar-refractivity contribution in [2.75, 3.05) is 0 Å². The molecule has 0 aliphatic heterocycles. The first-order chi connectivity index (χ1) is 1.73. The zero-order chi connectivity index (χ0) is 3.58. The van der Waals surface area contributed by atoms with Crippen LogP contribution in [0.1, 0.15) is 0 Å². The molecule has 4 heavy (non-hydrogen) atoms. The second-order valence-electron chi connectivity index (χ2n) is 0.338. The summed E-state index contributed by atoms with van der Waals surface area (Å²) in [5.74, 6) is 0. The van der Waals surface area contributed by atoms with Crippen LogP contribution >= 0.6 is 12.2 Å². The van der Waals surface area contributed by atoms with E-state index in [9.17, 15) is 0 Å². The molecule has 0 aromatic carbocycles. The molecule has 3 heteroatoms. The molecule has 0 radical (unpaired) electrons. The summed E-state index contributed by atoms with van der Waals surface area (Å²) < 4.78 is 0.438. The third-order valence-corrected chi connectivity index (χ3v) is 0. The average molecular weight is 140 g/mol. The van der Waals surface area contributed by atoms with Crippen LogP contribution in [0.4, 0.5) is 0 Å². The Labute approximate surface area is 38.4 Å². The standard InChI is InChI=1S/CH3NSSe/c2-1(3)4/h(H3,2,3,4). The molecule has 0 saturated heterocycles. The predicted octanol–water partition coefficient (Wildman–Crippen LogP) is -0.869. The Morgan fingerprint density at radius 2 is 2.00 bits per heavy atom. The van der Waals surface area contributed by atoms with Gasteiger partial charge in [-0.15, -0.1) is 0 Å². The molecule has 0 heterocycles. The zero-order valence-corrected chi connectivity index (χ0v) is 4.63. The van der Waals surface area contributed by atoms with Crippen molar-refractivity contribution in [1.82, 2.24) is 0 Å². The number of hydrogen-bond donors (Lipinski definition) is 1. The molecule has 0 saturated carbocycles. The van der Waals surface area contributed by atoms with Gasteiger partial charge in [0.25, 0.3) is 0 Å². The molecular formula is CH3NSSe. The van der Waals surface area contributed by atoms with Gasteiger partial charge in [-0.1, -0.05) is 0 Å². The van der Waals surface area contributed by atoms with Gasteiger partial charge in [0.2, 0.25) is 0 Å². The molecule has 0 atom stereocenters. The van der Waals surface area contributed by atoms with Gasteiger partial charge in [-0.05, 0) is 0 Å². The van der Waals surface area contributed by atoms with E-state index in [0.29, 0.717) is 3.89 Å². The van der Waals surface area contributed by atoms with E-state index in [-0.39, 0.29) is 0 Å². The number of nitrogens with two attached hydrogens (primary N) is 1. The Hall–Kier alpha value is 0.409. The van der Waals surface area contributed by atoms with E-state index in [4.69, 9.17) is 5.73 Å². The first-order valence-electron chi connectivity index (χ1n) is 0.716. The number of thiocarbonyl (C=S) groups is 1. The normalized spacial score (nSPS) is 6.25. The van der Waals surface area contributed by atoms with Crippen molar-refractivity contribution >= 4 is 32.1 Å². The van der Waals surface area contributed by atoms with Gasteiger partial charge >= 0.3 is 37.9 Å². The maximum atomic E-state index is 4.81. The Morgan fingerprint density at radius 3 is 2.00 bits per heavy atom. The van der Waals surface area contributed by atoms with Crippen LogP contribution in [0, 0.1) is 0 Å². The van der Waals surface area contributed by atoms with Crippen LogP contribution in [-0.2, 0) is 0 Å². The van der Waals surface area contributed by atoms with E-state index < -0.39 is 0 Å². The molecule has 0 spiro atoms. The van der Waals surface area contributed by atoms with Gasteiger partial charge < -0.3 is 0 Å². The third-order valence-electron chi connectivity index (χ3n) is 0. The summed E-state index contributed by atoms with van der Waals surface area (Å²) in [7, 11) is 0. The van der Waals surface area contributed by atoms with Crippen LogP contribution in [-0.4, -0.2) is 19.9 Å². The fourth-order valence-corrected chi connectivity index (χ4v) is 0. The minimum atomic E-state index is 0.438. The van der Waals surface area contributed by atoms with Gasteiger partial charge in [0.05, 0.1) is 0 Å². The first kappa shape index (κ1) is 4.41. The van der Waals surface area contributed by atoms with Crippen LogP contribution in [0.25, 0.3) is 0 Å². The van der Waals surface area contributed by atoms with Crippen molar-refractivity contribution < 1.29 is 0 Å². The molecule has 0 aliphatic rings. The number of hydrogen-bond acceptors (Lipinski definition) is 1. The summed E-state index contributed by atoms with van der Waals surface area (Å²) in [5.41, 5.74) is 4.81. The molecule has 2 N–H and O–H groups in total. The molecule has 0 fully saturated rings. The van der Waals surface area contributed by atoms with Gasteiger partial charge in [0.15, 0.2) is 0 Å². The number of rotatable bonds is 0. The quantitative estimate of drug-likeness (QED) is 0.349. The summed E-state index contributed by atoms with van der Waals surface area (Å²) in [4.78, 5) is 0. The van der Waals surface area contributed by atoms with E-state index in [2.05, 4.69) is 12.2 Å². The van der Waals surface area contributed by atoms with E-state index in [1.165, 1.54) is 0 Å². The summed E-state index contributed by atoms with van der Waals surface area (Å²) in [6.45, 7) is 0. The van der Waals surface area contributed by atoms with Gasteiger partial charge in [-0.3, -0.25) is 0 Å². The molecule has 0 unspecified atom stereocenters. The van der Waals surface area contributed by atoms with Crippen molar-refractivity contribution in [3.8, 4) is 0 Å². The first-order valence-corrected chi connectivity index (χ1v) is 2.06. The molecule has 0 aliphatic carbocycles. The molecule has 24 valence electrons. The molecule has 0 amide bonds. The Bertz CT molecular complexity index is 31.0. The van der Waals surface area contributed by atoms with Crippen LogP contribution in [0.15, 0.2) is 0 Å². The minimum absolute atomic E-state index is 0.438. The van der Waals surface area contributed by atoms with Gasteiger partial charge in [-0.2, -0.15) is 0 Å². The van der Waals surface area contributed by atoms with E-state index in [1.807, 2.05) is 16.0 Å². The second-order valence-corrected chi connectivity index (χ2v) is 2.45. The Morgan fingerprint density at radius 1 is 2.00 bits per heavy atom. The van der Waals surface area contributed by atoms with Gasteiger partial charge in [-0.25, -0.2) is 0 Å². The topological polar surface area (TPSA) is 26.0 Å². The summed E-state index contributed by atoms with van der Waals surface area (Å²) in [6.07, 6.45) is 0. The van der Waals surface area contributed by atoms with E-state index in [0.717, 1.165) is 0 Å². The summed E-state index contributed by atoms with van der Waals surface area (Å²) in [6, 6.07) is 0. The van der Waals surface area contributed by atoms with Crippen molar-refractivity contribution in [3.05, 3.63) is 0 Å². The molecule has 0 aromatic heterocycles. The monoisotopic (exact) mass is 141 g/mol. The maximum absolute atomic E-state index is 4.81. The van der Waals surface area contributed by atoms with Crippen molar-refractivity contribution in [2.24, 2.45) is 5.73 Å². The van der Waals surface area contributed by atoms with Crippen molar-refractivity contribution in [1.29, 1.82) is 0 Å². The van der Waals surface area contributed by atoms with Crippen LogP contribution in [0.5, 0.6) is 0 Å². The van der Waals surface area contributed by atoms with Gasteiger partial charge in [0.1, 0.15) is 0 Å². The van der Waals surface area contributed by atoms with Crippen molar-refractivity contribution in [3.63, 3.8) is 0 Å². The van der Waals surface area contributed by atoms with E-state index in [1.54, 1.807) is 0 Å². The average Bonchev–Trinajstić information content (AvgIpc) is 0.811. The second kappa shape index (κ2) is 1.70. The molecule has 0 bridgehead atoms. The third kappa shape index (κ3) is 28.5. The fraction of sp³-hybridized carbons (Fsp3) is 0. The SMILES string of the molecule is NC(=S)[SeH]. The summed E-state index contributed by atoms with van der Waals surface area (Å²) in [5, 5.41) is 0. The van der Waals surface area contributed by atoms with Crippen molar-refractivity contribution in [2.45, 2.75) is 0 Å². The van der Waals surface area contributed by atoms with Crippen LogP contribution in [0.3, 0.4) is 0 Å². The molecule has 0 aromatic rings. The zero-order valence-electron chi connectivity index (χ0n) is 1.93. The van der Waals surface area contributed by atoms with Crippen LogP contribution in [0.2, 0.25) is 0 Å². The fourth-order valence-electron chi connectivity index (χ4n) is 0. The Balaban J connectivity index is 2.80. The molecule has 1 nitrogen and oxygen atoms in total. The van der Waals surface area contributed by atoms with Crippen LogP contribution < -0.4 is 5.73 Å². The summed E-state index contributed by atoms with van der Waals surface area (Å²) >= 11 is 6.33. The van der Waals surface area contributed by atoms with E-state index >= 15 is 0 Å². The predicted molar refractivity (Wildman–Crippen MR) is 23.9 cm³/mol. The molecular weight excluding hydrogens is 137 g/mol. The Kier molecular flexibility index (Phi) is 1.88.